The highest BCUT2D eigenvalue weighted by Crippen LogP contribution is 2.31. The molecule has 34 heavy (non-hydrogen) atoms. The number of anilines is 1. The molecule has 0 amide bonds. The first-order valence-electron chi connectivity index (χ1n) is 10.6. The third-order valence-electron chi connectivity index (χ3n) is 5.48. The van der Waals surface area contributed by atoms with Crippen LogP contribution in [0.2, 0.25) is 5.02 Å². The van der Waals surface area contributed by atoms with Crippen LogP contribution in [0.1, 0.15) is 5.69 Å². The normalized spacial score (nSPS) is 18.3. The second-order valence-corrected chi connectivity index (χ2v) is 8.48. The number of pyridine rings is 1. The van der Waals surface area contributed by atoms with Crippen LogP contribution in [0.5, 0.6) is 0 Å². The summed E-state index contributed by atoms with van der Waals surface area (Å²) in [6, 6.07) is 6.92. The number of hydrogen-bond acceptors (Lipinski definition) is 9. The van der Waals surface area contributed by atoms with Crippen molar-refractivity contribution in [3.05, 3.63) is 63.9 Å². The van der Waals surface area contributed by atoms with Gasteiger partial charge in [-0.1, -0.05) is 23.7 Å². The van der Waals surface area contributed by atoms with E-state index >= 15 is 0 Å². The zero-order valence-electron chi connectivity index (χ0n) is 18.3. The zero-order valence-corrected chi connectivity index (χ0v) is 19.1. The van der Waals surface area contributed by atoms with Crippen LogP contribution in [-0.4, -0.2) is 50.0 Å². The Kier molecular flexibility index (Phi) is 5.96. The van der Waals surface area contributed by atoms with Crippen molar-refractivity contribution in [1.82, 2.24) is 24.5 Å². The maximum absolute atomic E-state index is 13.6. The van der Waals surface area contributed by atoms with Crippen LogP contribution < -0.4 is 17.0 Å². The minimum Gasteiger partial charge on any atom is -0.368 e. The van der Waals surface area contributed by atoms with Gasteiger partial charge in [-0.3, -0.25) is 14.3 Å². The van der Waals surface area contributed by atoms with Crippen molar-refractivity contribution in [2.75, 3.05) is 18.9 Å². The van der Waals surface area contributed by atoms with Crippen LogP contribution in [0.15, 0.2) is 47.7 Å². The van der Waals surface area contributed by atoms with E-state index in [1.807, 2.05) is 13.0 Å². The first kappa shape index (κ1) is 22.4. The summed E-state index contributed by atoms with van der Waals surface area (Å²) in [5.74, 6) is 0.0579. The molecular formula is C23H22ClN7O3. The number of nitrogen functional groups attached to an aromatic ring is 1. The second kappa shape index (κ2) is 9.07. The fraction of sp³-hybridized carbons (Fsp3) is 0.261. The Labute approximate surface area is 199 Å². The van der Waals surface area contributed by atoms with Crippen LogP contribution in [-0.2, 0) is 16.0 Å². The maximum atomic E-state index is 13.6. The van der Waals surface area contributed by atoms with E-state index in [1.165, 1.54) is 4.57 Å². The van der Waals surface area contributed by atoms with Crippen LogP contribution in [0.25, 0.3) is 33.4 Å². The Morgan fingerprint density at radius 3 is 2.65 bits per heavy atom. The Bertz CT molecular complexity index is 1430. The molecule has 5 rings (SSSR count). The predicted octanol–water partition coefficient (Wildman–Crippen LogP) is 2.16. The zero-order chi connectivity index (χ0) is 23.8. The number of nitrogens with two attached hydrogens (primary N) is 2. The lowest BCUT2D eigenvalue weighted by atomic mass is 10.0. The summed E-state index contributed by atoms with van der Waals surface area (Å²) in [5.41, 5.74) is 14.9. The molecular weight excluding hydrogens is 458 g/mol. The monoisotopic (exact) mass is 479 g/mol. The van der Waals surface area contributed by atoms with E-state index in [1.54, 1.807) is 36.8 Å². The van der Waals surface area contributed by atoms with Crippen LogP contribution in [0.4, 0.5) is 5.95 Å². The summed E-state index contributed by atoms with van der Waals surface area (Å²) in [6.45, 7) is 2.65. The number of hydrogen-bond donors (Lipinski definition) is 2. The first-order chi connectivity index (χ1) is 16.4. The Balaban J connectivity index is 1.60. The average Bonchev–Trinajstić information content (AvgIpc) is 2.82. The quantitative estimate of drug-likeness (QED) is 0.449. The third kappa shape index (κ3) is 4.36. The molecule has 4 aromatic rings. The highest BCUT2D eigenvalue weighted by molar-refractivity contribution is 6.33. The topological polar surface area (TPSA) is 144 Å². The van der Waals surface area contributed by atoms with E-state index in [2.05, 4.69) is 19.9 Å². The van der Waals surface area contributed by atoms with E-state index in [0.29, 0.717) is 46.1 Å². The number of ether oxygens (including phenoxy) is 2. The van der Waals surface area contributed by atoms with E-state index in [0.717, 1.165) is 11.3 Å². The molecule has 1 saturated heterocycles. The Morgan fingerprint density at radius 2 is 1.91 bits per heavy atom. The molecule has 4 heterocycles. The van der Waals surface area contributed by atoms with E-state index < -0.39 is 6.29 Å². The van der Waals surface area contributed by atoms with Gasteiger partial charge in [0, 0.05) is 39.5 Å². The lowest BCUT2D eigenvalue weighted by molar-refractivity contribution is -0.191. The Morgan fingerprint density at radius 1 is 1.12 bits per heavy atom. The summed E-state index contributed by atoms with van der Waals surface area (Å²) in [5, 5.41) is 1.03. The molecule has 0 spiro atoms. The van der Waals surface area contributed by atoms with Gasteiger partial charge in [-0.25, -0.2) is 9.97 Å². The molecule has 0 bridgehead atoms. The van der Waals surface area contributed by atoms with Crippen molar-refractivity contribution in [3.63, 3.8) is 0 Å². The van der Waals surface area contributed by atoms with Gasteiger partial charge in [0.2, 0.25) is 5.95 Å². The second-order valence-electron chi connectivity index (χ2n) is 8.08. The summed E-state index contributed by atoms with van der Waals surface area (Å²) in [4.78, 5) is 30.7. The highest BCUT2D eigenvalue weighted by atomic mass is 35.5. The first-order valence-corrected chi connectivity index (χ1v) is 11.0. The smallest absolute Gasteiger partial charge is 0.260 e. The summed E-state index contributed by atoms with van der Waals surface area (Å²) in [6.07, 6.45) is 4.27. The fourth-order valence-corrected chi connectivity index (χ4v) is 4.12. The summed E-state index contributed by atoms with van der Waals surface area (Å²) >= 11 is 6.65. The molecule has 10 nitrogen and oxygen atoms in total. The van der Waals surface area contributed by atoms with Crippen molar-refractivity contribution in [3.8, 4) is 22.4 Å². The molecule has 1 aliphatic rings. The van der Waals surface area contributed by atoms with Gasteiger partial charge in [-0.15, -0.1) is 0 Å². The minimum atomic E-state index is -0.648. The van der Waals surface area contributed by atoms with Gasteiger partial charge >= 0.3 is 0 Å². The van der Waals surface area contributed by atoms with Gasteiger partial charge in [0.15, 0.2) is 6.29 Å². The molecule has 4 N–H and O–H groups in total. The SMILES string of the molecule is Cc1cncc(-c2ccc(-c3cc4cnc(N)nc4n(CC4OCC(N)CO4)c3=O)c(Cl)c2)n1. The van der Waals surface area contributed by atoms with Gasteiger partial charge in [0.25, 0.3) is 5.56 Å². The van der Waals surface area contributed by atoms with Gasteiger partial charge in [0.05, 0.1) is 43.4 Å². The van der Waals surface area contributed by atoms with E-state index in [-0.39, 0.29) is 24.1 Å². The lowest BCUT2D eigenvalue weighted by Gasteiger charge is -2.28. The van der Waals surface area contributed by atoms with Crippen LogP contribution >= 0.6 is 11.6 Å². The molecule has 3 aromatic heterocycles. The molecule has 0 radical (unpaired) electrons. The number of aromatic nitrogens is 5. The number of rotatable bonds is 4. The van der Waals surface area contributed by atoms with Crippen molar-refractivity contribution in [2.45, 2.75) is 25.8 Å². The van der Waals surface area contributed by atoms with Crippen molar-refractivity contribution in [2.24, 2.45) is 5.73 Å². The van der Waals surface area contributed by atoms with Crippen LogP contribution in [0, 0.1) is 6.92 Å². The molecule has 0 aliphatic carbocycles. The van der Waals surface area contributed by atoms with Gasteiger partial charge in [0.1, 0.15) is 5.65 Å². The number of nitrogens with zero attached hydrogens (tertiary/aromatic N) is 5. The molecule has 1 aliphatic heterocycles. The Hall–Kier alpha value is -3.44. The molecule has 174 valence electrons. The standard InChI is InChI=1S/C23H22ClN7O3/c1-12-6-27-8-19(29-12)13-2-3-16(18(24)5-13)17-4-14-7-28-23(26)30-21(14)31(22(17)32)9-20-33-10-15(25)11-34-20/h2-8,15,20H,9-11,25H2,1H3,(H2,26,28,30). The van der Waals surface area contributed by atoms with Crippen molar-refractivity contribution in [1.29, 1.82) is 0 Å². The maximum Gasteiger partial charge on any atom is 0.260 e. The van der Waals surface area contributed by atoms with Gasteiger partial charge < -0.3 is 20.9 Å². The molecule has 0 unspecified atom stereocenters. The predicted molar refractivity (Wildman–Crippen MR) is 128 cm³/mol. The minimum absolute atomic E-state index is 0.0579. The number of fused-ring (bicyclic) bond motifs is 1. The largest absolute Gasteiger partial charge is 0.368 e. The molecule has 0 atom stereocenters. The van der Waals surface area contributed by atoms with Crippen LogP contribution in [0.3, 0.4) is 0 Å². The number of benzene rings is 1. The van der Waals surface area contributed by atoms with Crippen molar-refractivity contribution >= 4 is 28.6 Å². The third-order valence-corrected chi connectivity index (χ3v) is 5.79. The number of aryl methyl sites for hydroxylation is 1. The summed E-state index contributed by atoms with van der Waals surface area (Å²) in [7, 11) is 0. The average molecular weight is 480 g/mol. The fourth-order valence-electron chi connectivity index (χ4n) is 3.84. The number of halogens is 1. The molecule has 1 aromatic carbocycles. The molecule has 11 heteroatoms. The van der Waals surface area contributed by atoms with Gasteiger partial charge in [-0.2, -0.15) is 4.98 Å². The highest BCUT2D eigenvalue weighted by Gasteiger charge is 2.23. The van der Waals surface area contributed by atoms with E-state index in [9.17, 15) is 4.79 Å². The summed E-state index contributed by atoms with van der Waals surface area (Å²) < 4.78 is 12.8. The molecule has 1 fully saturated rings. The van der Waals surface area contributed by atoms with Crippen molar-refractivity contribution < 1.29 is 9.47 Å². The lowest BCUT2D eigenvalue weighted by Crippen LogP contribution is -2.43. The molecule has 0 saturated carbocycles. The van der Waals surface area contributed by atoms with E-state index in [4.69, 9.17) is 32.5 Å². The van der Waals surface area contributed by atoms with Gasteiger partial charge in [-0.05, 0) is 19.1 Å².